The molecule has 0 N–H and O–H groups in total. The van der Waals surface area contributed by atoms with Crippen LogP contribution in [0.5, 0.6) is 5.75 Å². The van der Waals surface area contributed by atoms with Crippen molar-refractivity contribution in [3.8, 4) is 5.75 Å². The average molecular weight is 344 g/mol. The van der Waals surface area contributed by atoms with E-state index in [9.17, 15) is 4.79 Å². The second kappa shape index (κ2) is 5.74. The highest BCUT2D eigenvalue weighted by molar-refractivity contribution is 9.10. The molecule has 3 aromatic rings. The summed E-state index contributed by atoms with van der Waals surface area (Å²) < 4.78 is 8.16. The van der Waals surface area contributed by atoms with E-state index in [-0.39, 0.29) is 5.78 Å². The van der Waals surface area contributed by atoms with Crippen molar-refractivity contribution >= 4 is 32.6 Å². The summed E-state index contributed by atoms with van der Waals surface area (Å²) in [7, 11) is 1.60. The summed E-state index contributed by atoms with van der Waals surface area (Å²) in [5.41, 5.74) is 1.71. The Bertz CT molecular complexity index is 807. The van der Waals surface area contributed by atoms with Crippen LogP contribution < -0.4 is 4.74 Å². The Morgan fingerprint density at radius 2 is 2.05 bits per heavy atom. The molecule has 0 spiro atoms. The smallest absolute Gasteiger partial charge is 0.182 e. The van der Waals surface area contributed by atoms with Crippen molar-refractivity contribution in [2.75, 3.05) is 7.11 Å². The Hall–Kier alpha value is -2.07. The van der Waals surface area contributed by atoms with E-state index in [2.05, 4.69) is 15.9 Å². The summed E-state index contributed by atoms with van der Waals surface area (Å²) in [6, 6.07) is 15.3. The van der Waals surface area contributed by atoms with Gasteiger partial charge < -0.3 is 9.30 Å². The highest BCUT2D eigenvalue weighted by Crippen LogP contribution is 2.21. The lowest BCUT2D eigenvalue weighted by molar-refractivity contribution is 0.0973. The molecular formula is C17H14BrNO2. The number of benzene rings is 2. The minimum Gasteiger partial charge on any atom is -0.497 e. The fourth-order valence-electron chi connectivity index (χ4n) is 2.35. The molecule has 0 aliphatic carbocycles. The Morgan fingerprint density at radius 3 is 2.86 bits per heavy atom. The van der Waals surface area contributed by atoms with Crippen molar-refractivity contribution in [1.82, 2.24) is 4.57 Å². The minimum atomic E-state index is 0.0642. The molecule has 2 aromatic carbocycles. The Labute approximate surface area is 131 Å². The lowest BCUT2D eigenvalue weighted by atomic mass is 10.1. The van der Waals surface area contributed by atoms with Gasteiger partial charge >= 0.3 is 0 Å². The molecule has 0 atom stereocenters. The van der Waals surface area contributed by atoms with Crippen LogP contribution in [-0.2, 0) is 6.54 Å². The number of Topliss-reactive ketones (excluding diaryl/α,β-unsaturated/α-hetero) is 1. The molecule has 0 bridgehead atoms. The molecule has 3 rings (SSSR count). The number of hydrogen-bond donors (Lipinski definition) is 0. The topological polar surface area (TPSA) is 31.2 Å². The van der Waals surface area contributed by atoms with Gasteiger partial charge in [0.25, 0.3) is 0 Å². The van der Waals surface area contributed by atoms with E-state index in [4.69, 9.17) is 4.74 Å². The van der Waals surface area contributed by atoms with Gasteiger partial charge in [-0.3, -0.25) is 4.79 Å². The summed E-state index contributed by atoms with van der Waals surface area (Å²) in [6.07, 6.45) is 1.94. The van der Waals surface area contributed by atoms with Crippen molar-refractivity contribution in [1.29, 1.82) is 0 Å². The number of aromatic nitrogens is 1. The summed E-state index contributed by atoms with van der Waals surface area (Å²) in [4.78, 5) is 12.4. The van der Waals surface area contributed by atoms with Gasteiger partial charge in [-0.15, -0.1) is 0 Å². The lowest BCUT2D eigenvalue weighted by Crippen LogP contribution is -2.09. The van der Waals surface area contributed by atoms with E-state index in [1.807, 2.05) is 53.2 Å². The third-order valence-corrected chi connectivity index (χ3v) is 3.93. The third-order valence-electron chi connectivity index (χ3n) is 3.44. The van der Waals surface area contributed by atoms with Crippen LogP contribution in [0, 0.1) is 0 Å². The van der Waals surface area contributed by atoms with E-state index in [0.29, 0.717) is 17.9 Å². The molecule has 0 fully saturated rings. The number of fused-ring (bicyclic) bond motifs is 1. The van der Waals surface area contributed by atoms with E-state index in [1.165, 1.54) is 0 Å². The largest absolute Gasteiger partial charge is 0.497 e. The third kappa shape index (κ3) is 2.85. The van der Waals surface area contributed by atoms with Crippen molar-refractivity contribution in [2.45, 2.75) is 6.54 Å². The van der Waals surface area contributed by atoms with Crippen LogP contribution in [0.3, 0.4) is 0 Å². The molecule has 1 aromatic heterocycles. The first kappa shape index (κ1) is 13.9. The molecule has 0 aliphatic rings. The molecular weight excluding hydrogens is 330 g/mol. The molecule has 0 radical (unpaired) electrons. The number of nitrogens with zero attached hydrogens (tertiary/aromatic N) is 1. The summed E-state index contributed by atoms with van der Waals surface area (Å²) in [5.74, 6) is 0.761. The Morgan fingerprint density at radius 1 is 1.19 bits per heavy atom. The van der Waals surface area contributed by atoms with Crippen molar-refractivity contribution in [3.63, 3.8) is 0 Å². The zero-order chi connectivity index (χ0) is 14.8. The molecule has 4 heteroatoms. The molecule has 0 amide bonds. The fourth-order valence-corrected chi connectivity index (χ4v) is 2.73. The van der Waals surface area contributed by atoms with E-state index < -0.39 is 0 Å². The molecule has 21 heavy (non-hydrogen) atoms. The number of rotatable bonds is 4. The average Bonchev–Trinajstić information content (AvgIpc) is 2.89. The molecule has 106 valence electrons. The van der Waals surface area contributed by atoms with Gasteiger partial charge in [0.2, 0.25) is 0 Å². The van der Waals surface area contributed by atoms with Crippen LogP contribution in [0.15, 0.2) is 59.2 Å². The summed E-state index contributed by atoms with van der Waals surface area (Å²) in [6.45, 7) is 0.318. The molecule has 0 saturated heterocycles. The quantitative estimate of drug-likeness (QED) is 0.661. The van der Waals surface area contributed by atoms with Crippen LogP contribution in [0.25, 0.3) is 10.9 Å². The van der Waals surface area contributed by atoms with Gasteiger partial charge in [-0.05, 0) is 36.4 Å². The molecule has 1 heterocycles. The number of carbonyl (C=O) groups excluding carboxylic acids is 1. The predicted octanol–water partition coefficient (Wildman–Crippen LogP) is 4.30. The van der Waals surface area contributed by atoms with Gasteiger partial charge in [0, 0.05) is 27.1 Å². The molecule has 0 saturated carbocycles. The van der Waals surface area contributed by atoms with Gasteiger partial charge in [0.05, 0.1) is 13.7 Å². The number of ether oxygens (including phenoxy) is 1. The van der Waals surface area contributed by atoms with Gasteiger partial charge in [0.15, 0.2) is 5.78 Å². The monoisotopic (exact) mass is 343 g/mol. The highest BCUT2D eigenvalue weighted by atomic mass is 79.9. The van der Waals surface area contributed by atoms with Crippen LogP contribution in [0.4, 0.5) is 0 Å². The van der Waals surface area contributed by atoms with Gasteiger partial charge in [0.1, 0.15) is 5.75 Å². The molecule has 3 nitrogen and oxygen atoms in total. The zero-order valence-corrected chi connectivity index (χ0v) is 13.1. The van der Waals surface area contributed by atoms with Crippen LogP contribution in [0.2, 0.25) is 0 Å². The van der Waals surface area contributed by atoms with E-state index in [0.717, 1.165) is 15.4 Å². The van der Waals surface area contributed by atoms with E-state index >= 15 is 0 Å². The molecule has 0 aliphatic heterocycles. The van der Waals surface area contributed by atoms with Crippen molar-refractivity contribution < 1.29 is 9.53 Å². The van der Waals surface area contributed by atoms with Crippen molar-refractivity contribution in [2.24, 2.45) is 0 Å². The maximum absolute atomic E-state index is 12.4. The zero-order valence-electron chi connectivity index (χ0n) is 11.5. The predicted molar refractivity (Wildman–Crippen MR) is 87.0 cm³/mol. The first-order valence-electron chi connectivity index (χ1n) is 6.59. The minimum absolute atomic E-state index is 0.0642. The second-order valence-corrected chi connectivity index (χ2v) is 5.72. The van der Waals surface area contributed by atoms with Gasteiger partial charge in [-0.1, -0.05) is 28.1 Å². The standard InChI is InChI=1S/C17H14BrNO2/c1-21-15-4-2-3-13(10-15)17(20)11-19-8-7-12-9-14(18)5-6-16(12)19/h2-10H,11H2,1H3. The Kier molecular flexibility index (Phi) is 3.80. The first-order valence-corrected chi connectivity index (χ1v) is 7.38. The number of carbonyl (C=O) groups is 1. The van der Waals surface area contributed by atoms with Gasteiger partial charge in [-0.25, -0.2) is 0 Å². The fraction of sp³-hybridized carbons (Fsp3) is 0.118. The van der Waals surface area contributed by atoms with Crippen LogP contribution >= 0.6 is 15.9 Å². The maximum Gasteiger partial charge on any atom is 0.182 e. The maximum atomic E-state index is 12.4. The number of halogens is 1. The van der Waals surface area contributed by atoms with Crippen LogP contribution in [0.1, 0.15) is 10.4 Å². The number of methoxy groups -OCH3 is 1. The normalized spacial score (nSPS) is 10.8. The summed E-state index contributed by atoms with van der Waals surface area (Å²) in [5, 5.41) is 1.11. The van der Waals surface area contributed by atoms with Gasteiger partial charge in [-0.2, -0.15) is 0 Å². The van der Waals surface area contributed by atoms with Crippen molar-refractivity contribution in [3.05, 3.63) is 64.8 Å². The number of ketones is 1. The van der Waals surface area contributed by atoms with E-state index in [1.54, 1.807) is 13.2 Å². The summed E-state index contributed by atoms with van der Waals surface area (Å²) >= 11 is 3.46. The van der Waals surface area contributed by atoms with Crippen LogP contribution in [-0.4, -0.2) is 17.5 Å². The highest BCUT2D eigenvalue weighted by Gasteiger charge is 2.10. The lowest BCUT2D eigenvalue weighted by Gasteiger charge is -2.06. The molecule has 0 unspecified atom stereocenters. The number of hydrogen-bond acceptors (Lipinski definition) is 2. The Balaban J connectivity index is 1.89. The first-order chi connectivity index (χ1) is 10.2. The second-order valence-electron chi connectivity index (χ2n) is 4.80. The SMILES string of the molecule is COc1cccc(C(=O)Cn2ccc3cc(Br)ccc32)c1.